The molecule has 0 spiro atoms. The van der Waals surface area contributed by atoms with E-state index in [1.165, 1.54) is 12.0 Å². The number of carbonyl (C=O) groups excluding carboxylic acids is 2. The monoisotopic (exact) mass is 288 g/mol. The maximum Gasteiger partial charge on any atom is 0.326 e. The van der Waals surface area contributed by atoms with Crippen molar-refractivity contribution in [2.75, 3.05) is 20.2 Å². The number of methoxy groups -OCH3 is 1. The van der Waals surface area contributed by atoms with Gasteiger partial charge in [0.15, 0.2) is 0 Å². The van der Waals surface area contributed by atoms with Crippen LogP contribution in [-0.4, -0.2) is 54.2 Å². The van der Waals surface area contributed by atoms with Crippen LogP contribution in [0.25, 0.3) is 0 Å². The number of carboxylic acid groups (broad SMARTS) is 1. The number of aliphatic carboxylic acids is 1. The van der Waals surface area contributed by atoms with Crippen LogP contribution < -0.4 is 5.32 Å². The molecule has 0 bridgehead atoms. The van der Waals surface area contributed by atoms with Gasteiger partial charge in [-0.1, -0.05) is 27.2 Å². The largest absolute Gasteiger partial charge is 0.480 e. The summed E-state index contributed by atoms with van der Waals surface area (Å²) in [5, 5.41) is 11.6. The average Bonchev–Trinajstić information content (AvgIpc) is 2.42. The minimum Gasteiger partial charge on any atom is -0.480 e. The fourth-order valence-corrected chi connectivity index (χ4v) is 1.65. The third-order valence-electron chi connectivity index (χ3n) is 3.09. The molecule has 2 N–H and O–H groups in total. The van der Waals surface area contributed by atoms with Crippen LogP contribution in [0.1, 0.15) is 33.6 Å². The van der Waals surface area contributed by atoms with Crippen LogP contribution in [0.2, 0.25) is 0 Å². The van der Waals surface area contributed by atoms with Crippen LogP contribution in [0.4, 0.5) is 4.79 Å². The lowest BCUT2D eigenvalue weighted by molar-refractivity contribution is -0.141. The zero-order valence-corrected chi connectivity index (χ0v) is 12.5. The Bertz CT molecular complexity index is 346. The van der Waals surface area contributed by atoms with Gasteiger partial charge < -0.3 is 20.1 Å². The summed E-state index contributed by atoms with van der Waals surface area (Å²) in [6.07, 6.45) is 1.29. The molecule has 0 saturated carbocycles. The highest BCUT2D eigenvalue weighted by atomic mass is 16.5. The molecule has 0 aliphatic heterocycles. The van der Waals surface area contributed by atoms with Crippen molar-refractivity contribution < 1.29 is 24.2 Å². The van der Waals surface area contributed by atoms with Crippen molar-refractivity contribution in [3.63, 3.8) is 0 Å². The van der Waals surface area contributed by atoms with Gasteiger partial charge >= 0.3 is 18.0 Å². The maximum atomic E-state index is 12.1. The number of amides is 2. The first kappa shape index (κ1) is 18.2. The van der Waals surface area contributed by atoms with Crippen LogP contribution >= 0.6 is 0 Å². The van der Waals surface area contributed by atoms with Crippen LogP contribution in [-0.2, 0) is 14.3 Å². The Morgan fingerprint density at radius 2 is 1.90 bits per heavy atom. The molecule has 0 heterocycles. The molecular formula is C13H24N2O5. The second-order valence-corrected chi connectivity index (χ2v) is 4.65. The second-order valence-electron chi connectivity index (χ2n) is 4.65. The first-order valence-electron chi connectivity index (χ1n) is 6.72. The molecule has 0 saturated heterocycles. The van der Waals surface area contributed by atoms with Gasteiger partial charge in [-0.25, -0.2) is 9.59 Å². The van der Waals surface area contributed by atoms with E-state index in [2.05, 4.69) is 10.1 Å². The van der Waals surface area contributed by atoms with Crippen LogP contribution in [0.5, 0.6) is 0 Å². The van der Waals surface area contributed by atoms with Crippen molar-refractivity contribution >= 4 is 18.0 Å². The molecule has 2 amide bonds. The van der Waals surface area contributed by atoms with Crippen LogP contribution in [0.3, 0.4) is 0 Å². The molecule has 0 aliphatic carbocycles. The number of nitrogens with one attached hydrogen (secondary N) is 1. The molecule has 0 aromatic carbocycles. The molecule has 2 unspecified atom stereocenters. The Balaban J connectivity index is 4.79. The Kier molecular flexibility index (Phi) is 8.35. The van der Waals surface area contributed by atoms with Gasteiger partial charge in [0.2, 0.25) is 0 Å². The van der Waals surface area contributed by atoms with Crippen molar-refractivity contribution in [2.24, 2.45) is 5.92 Å². The van der Waals surface area contributed by atoms with Crippen molar-refractivity contribution in [2.45, 2.75) is 39.7 Å². The van der Waals surface area contributed by atoms with E-state index in [-0.39, 0.29) is 12.5 Å². The third-order valence-corrected chi connectivity index (χ3v) is 3.09. The van der Waals surface area contributed by atoms with Crippen molar-refractivity contribution in [3.8, 4) is 0 Å². The summed E-state index contributed by atoms with van der Waals surface area (Å²) in [5.74, 6) is -1.82. The molecule has 20 heavy (non-hydrogen) atoms. The molecule has 7 heteroatoms. The number of urea groups is 1. The highest BCUT2D eigenvalue weighted by Gasteiger charge is 2.27. The summed E-state index contributed by atoms with van der Waals surface area (Å²) in [4.78, 5) is 35.7. The summed E-state index contributed by atoms with van der Waals surface area (Å²) >= 11 is 0. The minimum absolute atomic E-state index is 0.191. The Labute approximate surface area is 119 Å². The molecule has 2 atom stereocenters. The topological polar surface area (TPSA) is 95.9 Å². The van der Waals surface area contributed by atoms with Gasteiger partial charge in [-0.3, -0.25) is 4.79 Å². The lowest BCUT2D eigenvalue weighted by atomic mass is 9.99. The Morgan fingerprint density at radius 1 is 1.30 bits per heavy atom. The van der Waals surface area contributed by atoms with Gasteiger partial charge in [0.1, 0.15) is 12.6 Å². The van der Waals surface area contributed by atoms with Crippen LogP contribution in [0, 0.1) is 5.92 Å². The summed E-state index contributed by atoms with van der Waals surface area (Å²) in [6, 6.07) is -1.53. The van der Waals surface area contributed by atoms with Crippen molar-refractivity contribution in [3.05, 3.63) is 0 Å². The fourth-order valence-electron chi connectivity index (χ4n) is 1.65. The molecule has 0 fully saturated rings. The van der Waals surface area contributed by atoms with Gasteiger partial charge in [-0.15, -0.1) is 0 Å². The Morgan fingerprint density at radius 3 is 2.30 bits per heavy atom. The SMILES string of the molecule is CCCN(CC(=O)OC)C(=O)NC(C(=O)O)C(C)CC. The molecule has 0 aliphatic rings. The van der Waals surface area contributed by atoms with E-state index in [9.17, 15) is 14.4 Å². The zero-order chi connectivity index (χ0) is 15.7. The van der Waals surface area contributed by atoms with E-state index in [1.54, 1.807) is 6.92 Å². The number of rotatable bonds is 8. The molecule has 7 nitrogen and oxygen atoms in total. The maximum absolute atomic E-state index is 12.1. The summed E-state index contributed by atoms with van der Waals surface area (Å²) in [5.41, 5.74) is 0. The molecule has 0 rings (SSSR count). The normalized spacial score (nSPS) is 13.2. The number of carboxylic acids is 1. The quantitative estimate of drug-likeness (QED) is 0.652. The molecule has 0 aromatic rings. The number of hydrogen-bond acceptors (Lipinski definition) is 4. The summed E-state index contributed by atoms with van der Waals surface area (Å²) < 4.78 is 4.52. The smallest absolute Gasteiger partial charge is 0.326 e. The van der Waals surface area contributed by atoms with Crippen LogP contribution in [0.15, 0.2) is 0 Å². The van der Waals surface area contributed by atoms with E-state index in [0.29, 0.717) is 19.4 Å². The van der Waals surface area contributed by atoms with Crippen molar-refractivity contribution in [1.29, 1.82) is 0 Å². The minimum atomic E-state index is -1.08. The standard InChI is InChI=1S/C13H24N2O5/c1-5-7-15(8-10(16)20-4)13(19)14-11(12(17)18)9(3)6-2/h9,11H,5-8H2,1-4H3,(H,14,19)(H,17,18). The van der Waals surface area contributed by atoms with E-state index < -0.39 is 24.0 Å². The highest BCUT2D eigenvalue weighted by molar-refractivity contribution is 5.85. The fraction of sp³-hybridized carbons (Fsp3) is 0.769. The van der Waals surface area contributed by atoms with Gasteiger partial charge in [-0.2, -0.15) is 0 Å². The van der Waals surface area contributed by atoms with Gasteiger partial charge in [0.05, 0.1) is 7.11 Å². The molecule has 116 valence electrons. The van der Waals surface area contributed by atoms with E-state index in [0.717, 1.165) is 0 Å². The number of carbonyl (C=O) groups is 3. The first-order chi connectivity index (χ1) is 9.37. The second kappa shape index (κ2) is 9.17. The predicted octanol–water partition coefficient (Wildman–Crippen LogP) is 1.08. The van der Waals surface area contributed by atoms with E-state index >= 15 is 0 Å². The summed E-state index contributed by atoms with van der Waals surface area (Å²) in [7, 11) is 1.24. The number of ether oxygens (including phenoxy) is 1. The average molecular weight is 288 g/mol. The molecular weight excluding hydrogens is 264 g/mol. The predicted molar refractivity (Wildman–Crippen MR) is 73.3 cm³/mol. The first-order valence-corrected chi connectivity index (χ1v) is 6.72. The van der Waals surface area contributed by atoms with Gasteiger partial charge in [0, 0.05) is 6.54 Å². The number of esters is 1. The number of hydrogen-bond donors (Lipinski definition) is 2. The van der Waals surface area contributed by atoms with Gasteiger partial charge in [0.25, 0.3) is 0 Å². The van der Waals surface area contributed by atoms with E-state index in [1.807, 2.05) is 13.8 Å². The summed E-state index contributed by atoms with van der Waals surface area (Å²) in [6.45, 7) is 5.63. The highest BCUT2D eigenvalue weighted by Crippen LogP contribution is 2.08. The van der Waals surface area contributed by atoms with E-state index in [4.69, 9.17) is 5.11 Å². The zero-order valence-electron chi connectivity index (χ0n) is 12.5. The lowest BCUT2D eigenvalue weighted by Gasteiger charge is -2.26. The molecule has 0 radical (unpaired) electrons. The van der Waals surface area contributed by atoms with Crippen molar-refractivity contribution in [1.82, 2.24) is 10.2 Å². The molecule has 0 aromatic heterocycles. The third kappa shape index (κ3) is 5.90. The van der Waals surface area contributed by atoms with Gasteiger partial charge in [-0.05, 0) is 12.3 Å². The lowest BCUT2D eigenvalue weighted by Crippen LogP contribution is -2.51. The Hall–Kier alpha value is -1.79. The number of nitrogens with zero attached hydrogens (tertiary/aromatic N) is 1.